The molecule has 0 bridgehead atoms. The van der Waals surface area contributed by atoms with Gasteiger partial charge in [-0.1, -0.05) is 12.1 Å². The molecule has 1 saturated heterocycles. The van der Waals surface area contributed by atoms with E-state index in [1.54, 1.807) is 12.1 Å². The monoisotopic (exact) mass is 237 g/mol. The molecule has 1 aliphatic rings. The van der Waals surface area contributed by atoms with Crippen LogP contribution in [0.1, 0.15) is 18.4 Å². The summed E-state index contributed by atoms with van der Waals surface area (Å²) in [4.78, 5) is 0. The van der Waals surface area contributed by atoms with Gasteiger partial charge < -0.3 is 20.3 Å². The summed E-state index contributed by atoms with van der Waals surface area (Å²) in [6.07, 6.45) is 1.36. The van der Waals surface area contributed by atoms with E-state index in [-0.39, 0.29) is 5.75 Å². The fourth-order valence-corrected chi connectivity index (χ4v) is 2.03. The molecular formula is C13H19NO3. The van der Waals surface area contributed by atoms with Crippen LogP contribution in [0.15, 0.2) is 24.3 Å². The standard InChI is InChI=1S/C13H19NO3/c15-12-3-1-2-11(8-12)9-14-10-13(16)4-6-17-7-5-13/h1-3,8,14-16H,4-7,9-10H2. The highest BCUT2D eigenvalue weighted by atomic mass is 16.5. The zero-order valence-electron chi connectivity index (χ0n) is 9.85. The van der Waals surface area contributed by atoms with Crippen LogP contribution in [0.5, 0.6) is 5.75 Å². The van der Waals surface area contributed by atoms with Crippen LogP contribution in [0.3, 0.4) is 0 Å². The van der Waals surface area contributed by atoms with Crippen molar-refractivity contribution in [2.24, 2.45) is 0 Å². The second-order valence-electron chi connectivity index (χ2n) is 4.61. The Hall–Kier alpha value is -1.10. The number of rotatable bonds is 4. The first kappa shape index (κ1) is 12.4. The molecule has 1 heterocycles. The molecule has 2 rings (SSSR count). The number of aliphatic hydroxyl groups is 1. The number of benzene rings is 1. The molecule has 0 atom stereocenters. The highest BCUT2D eigenvalue weighted by Gasteiger charge is 2.28. The fourth-order valence-electron chi connectivity index (χ4n) is 2.03. The maximum Gasteiger partial charge on any atom is 0.115 e. The first-order valence-electron chi connectivity index (χ1n) is 5.97. The summed E-state index contributed by atoms with van der Waals surface area (Å²) in [5.41, 5.74) is 0.371. The lowest BCUT2D eigenvalue weighted by Gasteiger charge is -2.32. The quantitative estimate of drug-likeness (QED) is 0.732. The van der Waals surface area contributed by atoms with E-state index in [0.29, 0.717) is 39.1 Å². The molecule has 3 N–H and O–H groups in total. The Morgan fingerprint density at radius 3 is 2.76 bits per heavy atom. The number of hydrogen-bond donors (Lipinski definition) is 3. The molecule has 0 unspecified atom stereocenters. The van der Waals surface area contributed by atoms with E-state index in [9.17, 15) is 10.2 Å². The molecule has 0 aromatic heterocycles. The van der Waals surface area contributed by atoms with Crippen molar-refractivity contribution in [2.45, 2.75) is 25.0 Å². The summed E-state index contributed by atoms with van der Waals surface area (Å²) in [5, 5.41) is 22.8. The minimum absolute atomic E-state index is 0.272. The first-order chi connectivity index (χ1) is 8.18. The minimum atomic E-state index is -0.644. The highest BCUT2D eigenvalue weighted by molar-refractivity contribution is 5.26. The molecular weight excluding hydrogens is 218 g/mol. The molecule has 1 fully saturated rings. The van der Waals surface area contributed by atoms with Gasteiger partial charge in [0.05, 0.1) is 5.60 Å². The molecule has 1 aromatic carbocycles. The number of aromatic hydroxyl groups is 1. The summed E-state index contributed by atoms with van der Waals surface area (Å²) in [7, 11) is 0. The van der Waals surface area contributed by atoms with Crippen molar-refractivity contribution >= 4 is 0 Å². The van der Waals surface area contributed by atoms with Crippen LogP contribution in [0.2, 0.25) is 0 Å². The van der Waals surface area contributed by atoms with Gasteiger partial charge in [-0.2, -0.15) is 0 Å². The molecule has 94 valence electrons. The summed E-state index contributed by atoms with van der Waals surface area (Å²) in [5.74, 6) is 0.272. The van der Waals surface area contributed by atoms with Gasteiger partial charge in [-0.3, -0.25) is 0 Å². The minimum Gasteiger partial charge on any atom is -0.508 e. The summed E-state index contributed by atoms with van der Waals surface area (Å²) in [6.45, 7) is 2.47. The van der Waals surface area contributed by atoms with E-state index in [4.69, 9.17) is 4.74 Å². The van der Waals surface area contributed by atoms with Gasteiger partial charge in [0.15, 0.2) is 0 Å². The molecule has 0 aliphatic carbocycles. The normalized spacial score (nSPS) is 19.1. The van der Waals surface area contributed by atoms with E-state index in [0.717, 1.165) is 5.56 Å². The van der Waals surface area contributed by atoms with Gasteiger partial charge in [-0.25, -0.2) is 0 Å². The van der Waals surface area contributed by atoms with Crippen LogP contribution >= 0.6 is 0 Å². The second-order valence-corrected chi connectivity index (χ2v) is 4.61. The average Bonchev–Trinajstić information content (AvgIpc) is 2.30. The third kappa shape index (κ3) is 3.70. The van der Waals surface area contributed by atoms with E-state index in [2.05, 4.69) is 5.32 Å². The number of phenols is 1. The van der Waals surface area contributed by atoms with Crippen LogP contribution in [0, 0.1) is 0 Å². The maximum atomic E-state index is 10.2. The Labute approximate surface area is 101 Å². The summed E-state index contributed by atoms with van der Waals surface area (Å²) >= 11 is 0. The van der Waals surface area contributed by atoms with Crippen molar-refractivity contribution in [3.63, 3.8) is 0 Å². The zero-order valence-corrected chi connectivity index (χ0v) is 9.85. The van der Waals surface area contributed by atoms with Gasteiger partial charge in [-0.05, 0) is 17.7 Å². The Kier molecular flexibility index (Phi) is 3.99. The van der Waals surface area contributed by atoms with Crippen LogP contribution in [0.4, 0.5) is 0 Å². The van der Waals surface area contributed by atoms with Crippen molar-refractivity contribution in [1.29, 1.82) is 0 Å². The first-order valence-corrected chi connectivity index (χ1v) is 5.97. The summed E-state index contributed by atoms with van der Waals surface area (Å²) < 4.78 is 5.22. The largest absolute Gasteiger partial charge is 0.508 e. The number of nitrogens with one attached hydrogen (secondary N) is 1. The van der Waals surface area contributed by atoms with E-state index < -0.39 is 5.60 Å². The van der Waals surface area contributed by atoms with Crippen molar-refractivity contribution in [2.75, 3.05) is 19.8 Å². The lowest BCUT2D eigenvalue weighted by atomic mass is 9.94. The van der Waals surface area contributed by atoms with Gasteiger partial charge in [0.2, 0.25) is 0 Å². The molecule has 4 nitrogen and oxygen atoms in total. The van der Waals surface area contributed by atoms with Crippen LogP contribution in [0.25, 0.3) is 0 Å². The third-order valence-electron chi connectivity index (χ3n) is 3.12. The predicted molar refractivity (Wildman–Crippen MR) is 64.8 cm³/mol. The van der Waals surface area contributed by atoms with Crippen molar-refractivity contribution < 1.29 is 14.9 Å². The predicted octanol–water partition coefficient (Wildman–Crippen LogP) is 1.02. The number of phenolic OH excluding ortho intramolecular Hbond substituents is 1. The van der Waals surface area contributed by atoms with E-state index in [1.165, 1.54) is 0 Å². The molecule has 4 heteroatoms. The van der Waals surface area contributed by atoms with Crippen LogP contribution in [-0.4, -0.2) is 35.6 Å². The van der Waals surface area contributed by atoms with Crippen molar-refractivity contribution in [3.8, 4) is 5.75 Å². The van der Waals surface area contributed by atoms with E-state index >= 15 is 0 Å². The molecule has 0 radical (unpaired) electrons. The second kappa shape index (κ2) is 5.49. The summed E-state index contributed by atoms with van der Waals surface area (Å²) in [6, 6.07) is 7.13. The van der Waals surface area contributed by atoms with Gasteiger partial charge in [0, 0.05) is 39.1 Å². The fraction of sp³-hybridized carbons (Fsp3) is 0.538. The third-order valence-corrected chi connectivity index (χ3v) is 3.12. The van der Waals surface area contributed by atoms with Crippen molar-refractivity contribution in [1.82, 2.24) is 5.32 Å². The Bertz CT molecular complexity index is 361. The molecule has 1 aliphatic heterocycles. The van der Waals surface area contributed by atoms with Gasteiger partial charge in [0.25, 0.3) is 0 Å². The molecule has 0 spiro atoms. The average molecular weight is 237 g/mol. The van der Waals surface area contributed by atoms with Crippen LogP contribution in [-0.2, 0) is 11.3 Å². The Morgan fingerprint density at radius 2 is 2.06 bits per heavy atom. The molecule has 0 amide bonds. The number of hydrogen-bond acceptors (Lipinski definition) is 4. The molecule has 0 saturated carbocycles. The zero-order chi connectivity index (χ0) is 12.1. The van der Waals surface area contributed by atoms with Crippen LogP contribution < -0.4 is 5.32 Å². The van der Waals surface area contributed by atoms with E-state index in [1.807, 2.05) is 12.1 Å². The topological polar surface area (TPSA) is 61.7 Å². The molecule has 1 aromatic rings. The smallest absolute Gasteiger partial charge is 0.115 e. The lowest BCUT2D eigenvalue weighted by Crippen LogP contribution is -2.44. The maximum absolute atomic E-state index is 10.2. The SMILES string of the molecule is Oc1cccc(CNCC2(O)CCOCC2)c1. The Morgan fingerprint density at radius 1 is 1.29 bits per heavy atom. The van der Waals surface area contributed by atoms with Crippen molar-refractivity contribution in [3.05, 3.63) is 29.8 Å². The van der Waals surface area contributed by atoms with Gasteiger partial charge in [0.1, 0.15) is 5.75 Å². The van der Waals surface area contributed by atoms with Gasteiger partial charge >= 0.3 is 0 Å². The molecule has 17 heavy (non-hydrogen) atoms. The lowest BCUT2D eigenvalue weighted by molar-refractivity contribution is -0.0617. The van der Waals surface area contributed by atoms with Gasteiger partial charge in [-0.15, -0.1) is 0 Å². The highest BCUT2D eigenvalue weighted by Crippen LogP contribution is 2.19. The Balaban J connectivity index is 1.79. The number of ether oxygens (including phenoxy) is 1.